The molecule has 1 N–H and O–H groups in total. The summed E-state index contributed by atoms with van der Waals surface area (Å²) < 4.78 is 0. The summed E-state index contributed by atoms with van der Waals surface area (Å²) >= 11 is 0. The number of nitrogens with one attached hydrogen (secondary N) is 1. The number of hydrogen-bond acceptors (Lipinski definition) is 2. The van der Waals surface area contributed by atoms with Crippen LogP contribution in [0.4, 0.5) is 5.69 Å². The Hall–Kier alpha value is -1.83. The van der Waals surface area contributed by atoms with Gasteiger partial charge in [0.2, 0.25) is 0 Å². The van der Waals surface area contributed by atoms with Crippen molar-refractivity contribution >= 4 is 11.5 Å². The Labute approximate surface area is 133 Å². The third-order valence-corrected chi connectivity index (χ3v) is 4.76. The summed E-state index contributed by atoms with van der Waals surface area (Å²) in [7, 11) is 0. The van der Waals surface area contributed by atoms with E-state index in [1.54, 1.807) is 0 Å². The van der Waals surface area contributed by atoms with Crippen LogP contribution in [0.15, 0.2) is 48.5 Å². The van der Waals surface area contributed by atoms with Crippen molar-refractivity contribution in [3.05, 3.63) is 54.1 Å². The molecule has 4 bridgehead atoms. The van der Waals surface area contributed by atoms with Crippen LogP contribution in [0.2, 0.25) is 0 Å². The van der Waals surface area contributed by atoms with E-state index in [-0.39, 0.29) is 5.92 Å². The van der Waals surface area contributed by atoms with Gasteiger partial charge in [-0.15, -0.1) is 0 Å². The van der Waals surface area contributed by atoms with Gasteiger partial charge in [-0.3, -0.25) is 4.79 Å². The topological polar surface area (TPSA) is 29.1 Å². The lowest BCUT2D eigenvalue weighted by Crippen LogP contribution is -2.28. The van der Waals surface area contributed by atoms with Gasteiger partial charge in [-0.2, -0.15) is 0 Å². The Bertz CT molecular complexity index is 580. The number of rotatable bonds is 0. The van der Waals surface area contributed by atoms with E-state index in [4.69, 9.17) is 0 Å². The van der Waals surface area contributed by atoms with E-state index in [1.807, 2.05) is 42.5 Å². The number of carbonyl (C=O) groups excluding carboxylic acids is 1. The van der Waals surface area contributed by atoms with Crippen molar-refractivity contribution in [1.29, 1.82) is 0 Å². The number of carbonyl (C=O) groups is 1. The van der Waals surface area contributed by atoms with Crippen molar-refractivity contribution < 1.29 is 4.79 Å². The van der Waals surface area contributed by atoms with Crippen molar-refractivity contribution in [1.82, 2.24) is 0 Å². The first kappa shape index (κ1) is 15.1. The maximum atomic E-state index is 12.9. The van der Waals surface area contributed by atoms with E-state index in [2.05, 4.69) is 11.4 Å². The van der Waals surface area contributed by atoms with Crippen LogP contribution in [0, 0.1) is 5.92 Å². The first-order valence-electron chi connectivity index (χ1n) is 8.57. The molecule has 2 nitrogen and oxygen atoms in total. The van der Waals surface area contributed by atoms with E-state index in [0.717, 1.165) is 24.1 Å². The predicted molar refractivity (Wildman–Crippen MR) is 91.6 cm³/mol. The molecule has 2 heteroatoms. The van der Waals surface area contributed by atoms with Crippen LogP contribution >= 0.6 is 0 Å². The fraction of sp³-hybridized carbons (Fsp3) is 0.450. The minimum absolute atomic E-state index is 0.176. The molecule has 1 aromatic rings. The molecule has 0 saturated heterocycles. The highest BCUT2D eigenvalue weighted by Gasteiger charge is 2.26. The SMILES string of the molecule is O=C1c2cccccccc(c2)NC2CCCCCCC1C2. The summed E-state index contributed by atoms with van der Waals surface area (Å²) in [5.74, 6) is 0.504. The molecule has 1 aromatic carbocycles. The van der Waals surface area contributed by atoms with Gasteiger partial charge in [-0.1, -0.05) is 62.1 Å². The first-order valence-corrected chi connectivity index (χ1v) is 8.57. The molecule has 3 rings (SSSR count). The monoisotopic (exact) mass is 295 g/mol. The van der Waals surface area contributed by atoms with E-state index in [9.17, 15) is 4.79 Å². The lowest BCUT2D eigenvalue weighted by atomic mass is 9.86. The van der Waals surface area contributed by atoms with Crippen molar-refractivity contribution in [2.24, 2.45) is 5.92 Å². The van der Waals surface area contributed by atoms with Gasteiger partial charge in [-0.05, 0) is 31.4 Å². The largest absolute Gasteiger partial charge is 0.382 e. The minimum atomic E-state index is 0.176. The van der Waals surface area contributed by atoms with Gasteiger partial charge >= 0.3 is 0 Å². The second kappa shape index (κ2) is 7.44. The molecule has 0 aromatic heterocycles. The van der Waals surface area contributed by atoms with E-state index < -0.39 is 0 Å². The molecule has 0 spiro atoms. The van der Waals surface area contributed by atoms with E-state index in [0.29, 0.717) is 11.8 Å². The van der Waals surface area contributed by atoms with Crippen LogP contribution in [-0.4, -0.2) is 11.8 Å². The smallest absolute Gasteiger partial charge is 0.166 e. The summed E-state index contributed by atoms with van der Waals surface area (Å²) in [6.07, 6.45) is 8.19. The standard InChI is InChI=1S/C20H25NO/c22-20-16-10-6-2-1-3-8-12-18(14-16)21-19-13-9-5-4-7-11-17(20)15-19/h1-3,6,8,10,12,14,17,19,21H,4-5,7,9,11,13,15H2. The van der Waals surface area contributed by atoms with Gasteiger partial charge in [0.15, 0.2) is 5.78 Å². The Morgan fingerprint density at radius 3 is 2.45 bits per heavy atom. The molecular weight excluding hydrogens is 270 g/mol. The Morgan fingerprint density at radius 2 is 1.59 bits per heavy atom. The molecule has 1 heterocycles. The molecule has 22 heavy (non-hydrogen) atoms. The minimum Gasteiger partial charge on any atom is -0.382 e. The van der Waals surface area contributed by atoms with Crippen molar-refractivity contribution in [3.8, 4) is 0 Å². The van der Waals surface area contributed by atoms with Crippen LogP contribution in [-0.2, 0) is 0 Å². The third kappa shape index (κ3) is 3.88. The second-order valence-corrected chi connectivity index (χ2v) is 6.48. The molecule has 2 aliphatic rings. The highest BCUT2D eigenvalue weighted by atomic mass is 16.1. The van der Waals surface area contributed by atoms with Crippen LogP contribution in [0.5, 0.6) is 0 Å². The highest BCUT2D eigenvalue weighted by Crippen LogP contribution is 2.29. The molecule has 2 unspecified atom stereocenters. The van der Waals surface area contributed by atoms with Crippen LogP contribution in [0.1, 0.15) is 55.3 Å². The second-order valence-electron chi connectivity index (χ2n) is 6.48. The van der Waals surface area contributed by atoms with Gasteiger partial charge in [0.25, 0.3) is 0 Å². The number of Topliss-reactive ketones (excluding diaryl/α,β-unsaturated/α-hetero) is 1. The molecule has 1 saturated carbocycles. The Kier molecular flexibility index (Phi) is 5.10. The maximum absolute atomic E-state index is 12.9. The van der Waals surface area contributed by atoms with Crippen LogP contribution in [0.3, 0.4) is 0 Å². The average molecular weight is 295 g/mol. The highest BCUT2D eigenvalue weighted by molar-refractivity contribution is 5.98. The van der Waals surface area contributed by atoms with Gasteiger partial charge in [0, 0.05) is 23.2 Å². The van der Waals surface area contributed by atoms with Gasteiger partial charge in [0.05, 0.1) is 0 Å². The lowest BCUT2D eigenvalue weighted by molar-refractivity contribution is 0.0900. The molecule has 1 fully saturated rings. The Balaban J connectivity index is 2.05. The predicted octanol–water partition coefficient (Wildman–Crippen LogP) is 5.15. The first-order chi connectivity index (χ1) is 10.8. The number of ketones is 1. The molecule has 1 aliphatic carbocycles. The van der Waals surface area contributed by atoms with Crippen molar-refractivity contribution in [2.75, 3.05) is 5.32 Å². The molecular formula is C20H25NO. The molecule has 2 atom stereocenters. The van der Waals surface area contributed by atoms with Crippen molar-refractivity contribution in [2.45, 2.75) is 51.0 Å². The summed E-state index contributed by atoms with van der Waals surface area (Å²) in [5.41, 5.74) is 1.89. The van der Waals surface area contributed by atoms with Crippen LogP contribution in [0.25, 0.3) is 0 Å². The van der Waals surface area contributed by atoms with E-state index >= 15 is 0 Å². The van der Waals surface area contributed by atoms with E-state index in [1.165, 1.54) is 32.1 Å². The molecule has 0 radical (unpaired) electrons. The van der Waals surface area contributed by atoms with Gasteiger partial charge in [0.1, 0.15) is 0 Å². The van der Waals surface area contributed by atoms with Crippen LogP contribution < -0.4 is 5.32 Å². The van der Waals surface area contributed by atoms with Crippen molar-refractivity contribution in [3.63, 3.8) is 0 Å². The molecule has 1 aliphatic heterocycles. The fourth-order valence-electron chi connectivity index (χ4n) is 3.57. The summed E-state index contributed by atoms with van der Waals surface area (Å²) in [5, 5.41) is 3.67. The summed E-state index contributed by atoms with van der Waals surface area (Å²) in [6, 6.07) is 16.5. The quantitative estimate of drug-likeness (QED) is 0.717. The number of hydrogen-bond donors (Lipinski definition) is 1. The lowest BCUT2D eigenvalue weighted by Gasteiger charge is -2.26. The zero-order valence-electron chi connectivity index (χ0n) is 13.1. The van der Waals surface area contributed by atoms with Gasteiger partial charge < -0.3 is 5.32 Å². The van der Waals surface area contributed by atoms with Gasteiger partial charge in [-0.25, -0.2) is 0 Å². The zero-order chi connectivity index (χ0) is 15.2. The zero-order valence-corrected chi connectivity index (χ0v) is 13.1. The summed E-state index contributed by atoms with van der Waals surface area (Å²) in [4.78, 5) is 12.9. The third-order valence-electron chi connectivity index (χ3n) is 4.76. The number of anilines is 1. The molecule has 0 amide bonds. The normalized spacial score (nSPS) is 24.5. The number of fused-ring (bicyclic) bond motifs is 4. The summed E-state index contributed by atoms with van der Waals surface area (Å²) in [6.45, 7) is 0. The maximum Gasteiger partial charge on any atom is 0.166 e. The molecule has 116 valence electrons. The Morgan fingerprint density at radius 1 is 0.864 bits per heavy atom. The fourth-order valence-corrected chi connectivity index (χ4v) is 3.57. The average Bonchev–Trinajstić information content (AvgIpc) is 2.64.